The summed E-state index contributed by atoms with van der Waals surface area (Å²) in [5.41, 5.74) is 0.398. The number of halogens is 2. The fourth-order valence-electron chi connectivity index (χ4n) is 1.67. The molecule has 0 saturated heterocycles. The highest BCUT2D eigenvalue weighted by Crippen LogP contribution is 2.36. The first-order valence-corrected chi connectivity index (χ1v) is 9.08. The molecule has 1 aromatic heterocycles. The molecule has 2 aromatic rings. The fraction of sp³-hybridized carbons (Fsp3) is 0.154. The zero-order chi connectivity index (χ0) is 17.2. The van der Waals surface area contributed by atoms with Crippen LogP contribution in [-0.2, 0) is 14.8 Å². The van der Waals surface area contributed by atoms with Gasteiger partial charge in [-0.1, -0.05) is 23.2 Å². The Labute approximate surface area is 147 Å². The summed E-state index contributed by atoms with van der Waals surface area (Å²) in [6, 6.07) is 5.45. The molecule has 0 fully saturated rings. The minimum absolute atomic E-state index is 0.0356. The van der Waals surface area contributed by atoms with E-state index in [1.807, 2.05) is 0 Å². The molecule has 0 amide bonds. The maximum absolute atomic E-state index is 12.3. The van der Waals surface area contributed by atoms with E-state index in [4.69, 9.17) is 27.9 Å². The summed E-state index contributed by atoms with van der Waals surface area (Å²) in [7, 11) is -1.28. The Morgan fingerprint density at radius 1 is 1.22 bits per heavy atom. The number of sulfonamides is 1. The number of benzene rings is 1. The van der Waals surface area contributed by atoms with Gasteiger partial charge in [0.15, 0.2) is 0 Å². The van der Waals surface area contributed by atoms with E-state index in [2.05, 4.69) is 9.46 Å². The van der Waals surface area contributed by atoms with Gasteiger partial charge in [-0.05, 0) is 24.3 Å². The van der Waals surface area contributed by atoms with Gasteiger partial charge in [0, 0.05) is 0 Å². The van der Waals surface area contributed by atoms with Gasteiger partial charge < -0.3 is 9.47 Å². The number of hydrogen-bond donors (Lipinski definition) is 1. The highest BCUT2D eigenvalue weighted by molar-refractivity contribution is 7.94. The Hall–Kier alpha value is -1.48. The first-order chi connectivity index (χ1) is 10.8. The molecule has 0 saturated carbocycles. The Balaban J connectivity index is 2.37. The molecule has 0 aliphatic heterocycles. The van der Waals surface area contributed by atoms with Crippen molar-refractivity contribution in [2.45, 2.75) is 4.21 Å². The summed E-state index contributed by atoms with van der Waals surface area (Å²) in [6.45, 7) is 0. The van der Waals surface area contributed by atoms with Gasteiger partial charge in [0.2, 0.25) is 0 Å². The molecule has 1 N–H and O–H groups in total. The topological polar surface area (TPSA) is 81.7 Å². The quantitative estimate of drug-likeness (QED) is 0.781. The van der Waals surface area contributed by atoms with Gasteiger partial charge in [-0.3, -0.25) is 4.72 Å². The monoisotopic (exact) mass is 395 g/mol. The van der Waals surface area contributed by atoms with Gasteiger partial charge in [-0.25, -0.2) is 13.2 Å². The van der Waals surface area contributed by atoms with Crippen molar-refractivity contribution in [2.24, 2.45) is 0 Å². The molecular weight excluding hydrogens is 385 g/mol. The molecule has 124 valence electrons. The number of carbonyl (C=O) groups excluding carboxylic acids is 1. The lowest BCUT2D eigenvalue weighted by atomic mass is 10.2. The second-order valence-electron chi connectivity index (χ2n) is 4.20. The van der Waals surface area contributed by atoms with Crippen LogP contribution in [0.5, 0.6) is 5.75 Å². The number of carbonyl (C=O) groups is 1. The Bertz CT molecular complexity index is 829. The summed E-state index contributed by atoms with van der Waals surface area (Å²) < 4.78 is 36.9. The summed E-state index contributed by atoms with van der Waals surface area (Å²) in [5.74, 6) is -0.389. The lowest BCUT2D eigenvalue weighted by Crippen LogP contribution is -2.13. The molecule has 10 heteroatoms. The largest absolute Gasteiger partial charge is 0.495 e. The summed E-state index contributed by atoms with van der Waals surface area (Å²) >= 11 is 12.4. The molecule has 0 radical (unpaired) electrons. The van der Waals surface area contributed by atoms with Crippen molar-refractivity contribution in [3.8, 4) is 5.75 Å². The first kappa shape index (κ1) is 17.9. The normalized spacial score (nSPS) is 11.1. The predicted octanol–water partition coefficient (Wildman–Crippen LogP) is 3.65. The van der Waals surface area contributed by atoms with E-state index in [0.717, 1.165) is 11.3 Å². The highest BCUT2D eigenvalue weighted by atomic mass is 35.5. The third-order valence-electron chi connectivity index (χ3n) is 2.75. The van der Waals surface area contributed by atoms with Crippen LogP contribution in [-0.4, -0.2) is 28.6 Å². The van der Waals surface area contributed by atoms with E-state index in [1.165, 1.54) is 38.5 Å². The van der Waals surface area contributed by atoms with Crippen molar-refractivity contribution in [1.29, 1.82) is 0 Å². The third kappa shape index (κ3) is 3.89. The van der Waals surface area contributed by atoms with Gasteiger partial charge in [0.05, 0.1) is 30.5 Å². The third-order valence-corrected chi connectivity index (χ3v) is 6.46. The fourth-order valence-corrected chi connectivity index (χ4v) is 4.63. The Kier molecular flexibility index (Phi) is 5.41. The van der Waals surface area contributed by atoms with Gasteiger partial charge in [0.1, 0.15) is 14.3 Å². The molecule has 0 atom stereocenters. The minimum Gasteiger partial charge on any atom is -0.495 e. The molecule has 23 heavy (non-hydrogen) atoms. The predicted molar refractivity (Wildman–Crippen MR) is 89.5 cm³/mol. The number of nitrogens with one attached hydrogen (secondary N) is 1. The number of ether oxygens (including phenoxy) is 2. The van der Waals surface area contributed by atoms with Gasteiger partial charge in [0.25, 0.3) is 10.0 Å². The molecule has 0 aliphatic rings. The van der Waals surface area contributed by atoms with E-state index < -0.39 is 16.0 Å². The summed E-state index contributed by atoms with van der Waals surface area (Å²) in [5, 5.41) is 0.157. The molecule has 1 aromatic carbocycles. The van der Waals surface area contributed by atoms with E-state index >= 15 is 0 Å². The average Bonchev–Trinajstić information content (AvgIpc) is 2.87. The lowest BCUT2D eigenvalue weighted by Gasteiger charge is -2.12. The zero-order valence-corrected chi connectivity index (χ0v) is 15.1. The number of thiophene rings is 1. The highest BCUT2D eigenvalue weighted by Gasteiger charge is 2.21. The molecule has 0 spiro atoms. The van der Waals surface area contributed by atoms with Crippen LogP contribution in [0.2, 0.25) is 9.36 Å². The molecular formula is C13H11Cl2NO5S2. The van der Waals surface area contributed by atoms with Crippen molar-refractivity contribution in [3.63, 3.8) is 0 Å². The number of rotatable bonds is 5. The van der Waals surface area contributed by atoms with Crippen LogP contribution in [0.15, 0.2) is 28.5 Å². The lowest BCUT2D eigenvalue weighted by molar-refractivity contribution is 0.0600. The maximum Gasteiger partial charge on any atom is 0.337 e. The summed E-state index contributed by atoms with van der Waals surface area (Å²) in [6.07, 6.45) is 0. The first-order valence-electron chi connectivity index (χ1n) is 6.02. The number of anilines is 1. The van der Waals surface area contributed by atoms with Crippen LogP contribution >= 0.6 is 34.5 Å². The Morgan fingerprint density at radius 3 is 2.43 bits per heavy atom. The maximum atomic E-state index is 12.3. The number of hydrogen-bond acceptors (Lipinski definition) is 6. The number of esters is 1. The molecule has 6 nitrogen and oxygen atoms in total. The number of methoxy groups -OCH3 is 2. The standard InChI is InChI=1S/C13H11Cl2NO5S2/c1-20-10-5-7(13(17)21-2)3-4-9(10)16-23(18,19)11-6-8(14)12(15)22-11/h3-6,16H,1-2H3. The molecule has 2 rings (SSSR count). The SMILES string of the molecule is COC(=O)c1ccc(NS(=O)(=O)c2cc(Cl)c(Cl)s2)c(OC)c1. The van der Waals surface area contributed by atoms with Crippen LogP contribution in [0.4, 0.5) is 5.69 Å². The van der Waals surface area contributed by atoms with Crippen molar-refractivity contribution >= 4 is 56.2 Å². The summed E-state index contributed by atoms with van der Waals surface area (Å²) in [4.78, 5) is 11.5. The van der Waals surface area contributed by atoms with Crippen LogP contribution in [0.3, 0.4) is 0 Å². The van der Waals surface area contributed by atoms with E-state index in [9.17, 15) is 13.2 Å². The van der Waals surface area contributed by atoms with Crippen LogP contribution in [0, 0.1) is 0 Å². The van der Waals surface area contributed by atoms with Crippen molar-refractivity contribution in [3.05, 3.63) is 39.2 Å². The molecule has 1 heterocycles. The molecule has 0 bridgehead atoms. The van der Waals surface area contributed by atoms with Crippen LogP contribution in [0.25, 0.3) is 0 Å². The van der Waals surface area contributed by atoms with E-state index in [1.54, 1.807) is 0 Å². The Morgan fingerprint density at radius 2 is 1.91 bits per heavy atom. The molecule has 0 unspecified atom stereocenters. The average molecular weight is 396 g/mol. The van der Waals surface area contributed by atoms with E-state index in [-0.39, 0.29) is 30.6 Å². The smallest absolute Gasteiger partial charge is 0.337 e. The van der Waals surface area contributed by atoms with Crippen molar-refractivity contribution in [2.75, 3.05) is 18.9 Å². The van der Waals surface area contributed by atoms with E-state index in [0.29, 0.717) is 0 Å². The minimum atomic E-state index is -3.88. The van der Waals surface area contributed by atoms with Crippen molar-refractivity contribution < 1.29 is 22.7 Å². The van der Waals surface area contributed by atoms with Gasteiger partial charge in [-0.2, -0.15) is 0 Å². The van der Waals surface area contributed by atoms with Crippen LogP contribution in [0.1, 0.15) is 10.4 Å². The second-order valence-corrected chi connectivity index (χ2v) is 8.17. The van der Waals surface area contributed by atoms with Gasteiger partial charge >= 0.3 is 5.97 Å². The van der Waals surface area contributed by atoms with Gasteiger partial charge in [-0.15, -0.1) is 11.3 Å². The van der Waals surface area contributed by atoms with Crippen molar-refractivity contribution in [1.82, 2.24) is 0 Å². The van der Waals surface area contributed by atoms with Crippen LogP contribution < -0.4 is 9.46 Å². The second kappa shape index (κ2) is 6.96. The molecule has 0 aliphatic carbocycles. The zero-order valence-electron chi connectivity index (χ0n) is 11.9.